The van der Waals surface area contributed by atoms with Crippen molar-refractivity contribution in [3.05, 3.63) is 90.0 Å². The van der Waals surface area contributed by atoms with Crippen molar-refractivity contribution in [3.8, 4) is 6.07 Å². The molecule has 4 heteroatoms. The van der Waals surface area contributed by atoms with Crippen molar-refractivity contribution in [1.29, 1.82) is 5.26 Å². The lowest BCUT2D eigenvalue weighted by molar-refractivity contribution is 0.925. The monoisotopic (exact) mass is 286 g/mol. The molecule has 0 spiro atoms. The van der Waals surface area contributed by atoms with Gasteiger partial charge in [-0.25, -0.2) is 0 Å². The lowest BCUT2D eigenvalue weighted by Crippen LogP contribution is -2.12. The molecule has 0 saturated carbocycles. The zero-order valence-electron chi connectivity index (χ0n) is 11.8. The molecule has 1 atom stereocenters. The Balaban J connectivity index is 1.97. The van der Waals surface area contributed by atoms with Crippen LogP contribution < -0.4 is 5.32 Å². The molecule has 0 aliphatic heterocycles. The van der Waals surface area contributed by atoms with E-state index < -0.39 is 0 Å². The summed E-state index contributed by atoms with van der Waals surface area (Å²) in [6.45, 7) is 0. The number of anilines is 1. The Hall–Kier alpha value is -3.19. The molecule has 3 rings (SSSR count). The van der Waals surface area contributed by atoms with E-state index in [1.165, 1.54) is 0 Å². The van der Waals surface area contributed by atoms with Crippen molar-refractivity contribution < 1.29 is 0 Å². The molecule has 0 aliphatic carbocycles. The summed E-state index contributed by atoms with van der Waals surface area (Å²) < 4.78 is 0. The van der Waals surface area contributed by atoms with E-state index in [4.69, 9.17) is 5.26 Å². The molecule has 0 aliphatic rings. The highest BCUT2D eigenvalue weighted by atomic mass is 14.9. The van der Waals surface area contributed by atoms with Crippen LogP contribution in [-0.4, -0.2) is 9.97 Å². The third kappa shape index (κ3) is 3.10. The molecule has 4 nitrogen and oxygen atoms in total. The number of nitrogens with zero attached hydrogens (tertiary/aromatic N) is 3. The Morgan fingerprint density at radius 3 is 2.18 bits per heavy atom. The fraction of sp³-hybridized carbons (Fsp3) is 0.0556. The van der Waals surface area contributed by atoms with E-state index in [0.717, 1.165) is 16.8 Å². The number of pyridine rings is 2. The Morgan fingerprint density at radius 2 is 1.59 bits per heavy atom. The zero-order chi connectivity index (χ0) is 15.2. The highest BCUT2D eigenvalue weighted by Gasteiger charge is 2.14. The summed E-state index contributed by atoms with van der Waals surface area (Å²) in [4.78, 5) is 8.33. The fourth-order valence-electron chi connectivity index (χ4n) is 2.27. The molecular weight excluding hydrogens is 272 g/mol. The summed E-state index contributed by atoms with van der Waals surface area (Å²) in [5.74, 6) is 0. The third-order valence-electron chi connectivity index (χ3n) is 3.36. The molecule has 0 bridgehead atoms. The van der Waals surface area contributed by atoms with Crippen molar-refractivity contribution in [2.75, 3.05) is 5.32 Å². The summed E-state index contributed by atoms with van der Waals surface area (Å²) in [5, 5.41) is 12.4. The molecule has 22 heavy (non-hydrogen) atoms. The average molecular weight is 286 g/mol. The minimum absolute atomic E-state index is 0.0503. The predicted octanol–water partition coefficient (Wildman–Crippen LogP) is 3.55. The van der Waals surface area contributed by atoms with Gasteiger partial charge in [0.2, 0.25) is 0 Å². The minimum atomic E-state index is -0.0503. The van der Waals surface area contributed by atoms with Gasteiger partial charge in [-0.2, -0.15) is 5.26 Å². The molecule has 2 aromatic heterocycles. The van der Waals surface area contributed by atoms with Crippen LogP contribution in [0.5, 0.6) is 0 Å². The number of aromatic nitrogens is 2. The summed E-state index contributed by atoms with van der Waals surface area (Å²) in [5.41, 5.74) is 3.70. The third-order valence-corrected chi connectivity index (χ3v) is 3.36. The van der Waals surface area contributed by atoms with Gasteiger partial charge in [0, 0.05) is 24.8 Å². The fourth-order valence-corrected chi connectivity index (χ4v) is 2.27. The number of nitrogens with one attached hydrogen (secondary N) is 1. The van der Waals surface area contributed by atoms with Crippen LogP contribution in [0.25, 0.3) is 0 Å². The van der Waals surface area contributed by atoms with Crippen molar-refractivity contribution in [2.45, 2.75) is 6.04 Å². The lowest BCUT2D eigenvalue weighted by Gasteiger charge is -2.20. The Kier molecular flexibility index (Phi) is 4.08. The standard InChI is InChI=1S/C18H14N4/c19-11-14-5-7-15(8-6-14)18(16-3-1-9-20-12-16)22-17-4-2-10-21-13-17/h1-10,12-13,18,22H/t18-/m1/s1. The molecule has 106 valence electrons. The smallest absolute Gasteiger partial charge is 0.0991 e. The normalized spacial score (nSPS) is 11.4. The van der Waals surface area contributed by atoms with Crippen molar-refractivity contribution >= 4 is 5.69 Å². The first-order valence-corrected chi connectivity index (χ1v) is 6.93. The molecule has 1 aromatic carbocycles. The van der Waals surface area contributed by atoms with Gasteiger partial charge in [-0.05, 0) is 41.5 Å². The summed E-state index contributed by atoms with van der Waals surface area (Å²) in [6.07, 6.45) is 7.12. The first kappa shape index (κ1) is 13.8. The maximum atomic E-state index is 8.94. The van der Waals surface area contributed by atoms with Crippen LogP contribution in [0.3, 0.4) is 0 Å². The first-order chi connectivity index (χ1) is 10.9. The summed E-state index contributed by atoms with van der Waals surface area (Å²) >= 11 is 0. The van der Waals surface area contributed by atoms with Crippen molar-refractivity contribution in [2.24, 2.45) is 0 Å². The number of hydrogen-bond donors (Lipinski definition) is 1. The second-order valence-electron chi connectivity index (χ2n) is 4.84. The average Bonchev–Trinajstić information content (AvgIpc) is 2.61. The van der Waals surface area contributed by atoms with E-state index in [0.29, 0.717) is 5.56 Å². The van der Waals surface area contributed by atoms with Gasteiger partial charge < -0.3 is 5.32 Å². The SMILES string of the molecule is N#Cc1ccc([C@@H](Nc2cccnc2)c2cccnc2)cc1. The molecule has 2 heterocycles. The van der Waals surface area contributed by atoms with Gasteiger partial charge >= 0.3 is 0 Å². The van der Waals surface area contributed by atoms with Gasteiger partial charge in [0.05, 0.1) is 23.4 Å². The topological polar surface area (TPSA) is 61.6 Å². The van der Waals surface area contributed by atoms with Crippen LogP contribution in [0.4, 0.5) is 5.69 Å². The van der Waals surface area contributed by atoms with Crippen molar-refractivity contribution in [1.82, 2.24) is 9.97 Å². The van der Waals surface area contributed by atoms with Crippen LogP contribution in [0.2, 0.25) is 0 Å². The highest BCUT2D eigenvalue weighted by Crippen LogP contribution is 2.26. The number of benzene rings is 1. The van der Waals surface area contributed by atoms with Crippen LogP contribution >= 0.6 is 0 Å². The van der Waals surface area contributed by atoms with Crippen LogP contribution in [0, 0.1) is 11.3 Å². The Morgan fingerprint density at radius 1 is 0.864 bits per heavy atom. The molecule has 0 amide bonds. The number of nitriles is 1. The molecule has 0 fully saturated rings. The summed E-state index contributed by atoms with van der Waals surface area (Å²) in [6, 6.07) is 17.5. The Labute approximate surface area is 129 Å². The maximum absolute atomic E-state index is 8.94. The van der Waals surface area contributed by atoms with Crippen LogP contribution in [0.15, 0.2) is 73.3 Å². The number of hydrogen-bond acceptors (Lipinski definition) is 4. The second-order valence-corrected chi connectivity index (χ2v) is 4.84. The van der Waals surface area contributed by atoms with Gasteiger partial charge in [-0.15, -0.1) is 0 Å². The second kappa shape index (κ2) is 6.51. The van der Waals surface area contributed by atoms with Gasteiger partial charge in [-0.1, -0.05) is 18.2 Å². The van der Waals surface area contributed by atoms with E-state index in [1.54, 1.807) is 18.6 Å². The van der Waals surface area contributed by atoms with Gasteiger partial charge in [0.1, 0.15) is 0 Å². The predicted molar refractivity (Wildman–Crippen MR) is 85.1 cm³/mol. The largest absolute Gasteiger partial charge is 0.373 e. The van der Waals surface area contributed by atoms with E-state index in [1.807, 2.05) is 54.7 Å². The van der Waals surface area contributed by atoms with E-state index in [2.05, 4.69) is 21.4 Å². The van der Waals surface area contributed by atoms with E-state index in [9.17, 15) is 0 Å². The minimum Gasteiger partial charge on any atom is -0.373 e. The maximum Gasteiger partial charge on any atom is 0.0991 e. The van der Waals surface area contributed by atoms with Gasteiger partial charge in [-0.3, -0.25) is 9.97 Å². The summed E-state index contributed by atoms with van der Waals surface area (Å²) in [7, 11) is 0. The van der Waals surface area contributed by atoms with E-state index in [-0.39, 0.29) is 6.04 Å². The van der Waals surface area contributed by atoms with Crippen molar-refractivity contribution in [3.63, 3.8) is 0 Å². The van der Waals surface area contributed by atoms with E-state index >= 15 is 0 Å². The number of rotatable bonds is 4. The molecule has 0 unspecified atom stereocenters. The van der Waals surface area contributed by atoms with Gasteiger partial charge in [0.15, 0.2) is 0 Å². The molecule has 3 aromatic rings. The van der Waals surface area contributed by atoms with Gasteiger partial charge in [0.25, 0.3) is 0 Å². The lowest BCUT2D eigenvalue weighted by atomic mass is 9.99. The first-order valence-electron chi connectivity index (χ1n) is 6.93. The molecule has 0 saturated heterocycles. The van der Waals surface area contributed by atoms with Crippen LogP contribution in [-0.2, 0) is 0 Å². The zero-order valence-corrected chi connectivity index (χ0v) is 11.8. The molecule has 0 radical (unpaired) electrons. The molecular formula is C18H14N4. The Bertz CT molecular complexity index is 762. The molecule has 1 N–H and O–H groups in total. The highest BCUT2D eigenvalue weighted by molar-refractivity contribution is 5.48. The van der Waals surface area contributed by atoms with Crippen LogP contribution in [0.1, 0.15) is 22.7 Å². The quantitative estimate of drug-likeness (QED) is 0.796.